The van der Waals surface area contributed by atoms with Crippen LogP contribution in [0.4, 0.5) is 0 Å². The number of ether oxygens (including phenoxy) is 1. The standard InChI is InChI=1S/C25H28ClNO4/c1-5-6-13-27-22(17-9-7-16(8-10-17)15(2)3)21(24(29)25(27)30)23(28)18-11-12-20(31-4)19(26)14-18/h7-12,14-15,22,28H,5-6,13H2,1-4H3/b23-21-. The van der Waals surface area contributed by atoms with Crippen LogP contribution in [0.1, 0.15) is 62.3 Å². The maximum atomic E-state index is 13.0. The Balaban J connectivity index is 2.14. The van der Waals surface area contributed by atoms with E-state index in [0.29, 0.717) is 28.8 Å². The van der Waals surface area contributed by atoms with Crippen molar-refractivity contribution in [2.45, 2.75) is 45.6 Å². The summed E-state index contributed by atoms with van der Waals surface area (Å²) in [6.07, 6.45) is 1.65. The quantitative estimate of drug-likeness (QED) is 0.340. The fourth-order valence-electron chi connectivity index (χ4n) is 3.82. The number of aliphatic hydroxyl groups excluding tert-OH is 1. The Bertz CT molecular complexity index is 1010. The third-order valence-electron chi connectivity index (χ3n) is 5.64. The molecule has 3 rings (SSSR count). The number of unbranched alkanes of at least 4 members (excludes halogenated alkanes) is 1. The van der Waals surface area contributed by atoms with Crippen LogP contribution in [-0.2, 0) is 9.59 Å². The smallest absolute Gasteiger partial charge is 0.295 e. The number of halogens is 1. The molecule has 0 spiro atoms. The Labute approximate surface area is 188 Å². The fourth-order valence-corrected chi connectivity index (χ4v) is 4.08. The third kappa shape index (κ3) is 4.47. The summed E-state index contributed by atoms with van der Waals surface area (Å²) in [5.74, 6) is -0.685. The Hall–Kier alpha value is -2.79. The number of aliphatic hydroxyl groups is 1. The summed E-state index contributed by atoms with van der Waals surface area (Å²) in [5, 5.41) is 11.4. The van der Waals surface area contributed by atoms with Crippen LogP contribution in [0.2, 0.25) is 5.02 Å². The lowest BCUT2D eigenvalue weighted by atomic mass is 9.93. The van der Waals surface area contributed by atoms with Gasteiger partial charge in [0.25, 0.3) is 11.7 Å². The number of carbonyl (C=O) groups excluding carboxylic acids is 2. The highest BCUT2D eigenvalue weighted by molar-refractivity contribution is 6.46. The largest absolute Gasteiger partial charge is 0.507 e. The van der Waals surface area contributed by atoms with Crippen molar-refractivity contribution < 1.29 is 19.4 Å². The number of amides is 1. The first-order chi connectivity index (χ1) is 14.8. The van der Waals surface area contributed by atoms with E-state index in [1.165, 1.54) is 13.2 Å². The molecule has 1 N–H and O–H groups in total. The normalized spacial score (nSPS) is 18.1. The van der Waals surface area contributed by atoms with Gasteiger partial charge in [0.2, 0.25) is 0 Å². The van der Waals surface area contributed by atoms with Crippen LogP contribution < -0.4 is 4.74 Å². The van der Waals surface area contributed by atoms with E-state index < -0.39 is 17.7 Å². The summed E-state index contributed by atoms with van der Waals surface area (Å²) in [6.45, 7) is 6.69. The Morgan fingerprint density at radius 3 is 2.39 bits per heavy atom. The molecule has 164 valence electrons. The second-order valence-electron chi connectivity index (χ2n) is 8.02. The predicted molar refractivity (Wildman–Crippen MR) is 122 cm³/mol. The van der Waals surface area contributed by atoms with Crippen molar-refractivity contribution in [2.24, 2.45) is 0 Å². The molecule has 0 bridgehead atoms. The maximum Gasteiger partial charge on any atom is 0.295 e. The zero-order valence-corrected chi connectivity index (χ0v) is 19.1. The lowest BCUT2D eigenvalue weighted by Crippen LogP contribution is -2.30. The number of Topliss-reactive ketones (excluding diaryl/α,β-unsaturated/α-hetero) is 1. The SMILES string of the molecule is CCCCN1C(=O)C(=O)/C(=C(\O)c2ccc(OC)c(Cl)c2)C1c1ccc(C(C)C)cc1. The molecule has 1 atom stereocenters. The number of hydrogen-bond donors (Lipinski definition) is 1. The van der Waals surface area contributed by atoms with E-state index in [4.69, 9.17) is 16.3 Å². The second-order valence-corrected chi connectivity index (χ2v) is 8.42. The molecule has 1 unspecified atom stereocenters. The van der Waals surface area contributed by atoms with Gasteiger partial charge in [-0.05, 0) is 41.7 Å². The van der Waals surface area contributed by atoms with Crippen LogP contribution in [0.5, 0.6) is 5.75 Å². The Kier molecular flexibility index (Phi) is 7.06. The molecule has 0 saturated carbocycles. The molecule has 0 aromatic heterocycles. The van der Waals surface area contributed by atoms with E-state index in [2.05, 4.69) is 13.8 Å². The van der Waals surface area contributed by atoms with Crippen LogP contribution in [0.15, 0.2) is 48.0 Å². The van der Waals surface area contributed by atoms with E-state index >= 15 is 0 Å². The molecular weight excluding hydrogens is 414 g/mol. The number of benzene rings is 2. The molecule has 0 aliphatic carbocycles. The highest BCUT2D eigenvalue weighted by Crippen LogP contribution is 2.40. The molecule has 1 aliphatic rings. The summed E-state index contributed by atoms with van der Waals surface area (Å²) in [7, 11) is 1.50. The first-order valence-electron chi connectivity index (χ1n) is 10.5. The van der Waals surface area contributed by atoms with E-state index in [1.54, 1.807) is 17.0 Å². The topological polar surface area (TPSA) is 66.8 Å². The minimum atomic E-state index is -0.682. The van der Waals surface area contributed by atoms with Crippen molar-refractivity contribution in [1.29, 1.82) is 0 Å². The monoisotopic (exact) mass is 441 g/mol. The summed E-state index contributed by atoms with van der Waals surface area (Å²) in [6, 6.07) is 12.0. The average molecular weight is 442 g/mol. The van der Waals surface area contributed by atoms with Crippen molar-refractivity contribution in [3.63, 3.8) is 0 Å². The van der Waals surface area contributed by atoms with Gasteiger partial charge in [-0.3, -0.25) is 9.59 Å². The van der Waals surface area contributed by atoms with Gasteiger partial charge in [0, 0.05) is 12.1 Å². The van der Waals surface area contributed by atoms with Gasteiger partial charge in [0.1, 0.15) is 11.5 Å². The van der Waals surface area contributed by atoms with Gasteiger partial charge in [-0.25, -0.2) is 0 Å². The number of carbonyl (C=O) groups is 2. The van der Waals surface area contributed by atoms with Crippen LogP contribution in [0, 0.1) is 0 Å². The van der Waals surface area contributed by atoms with Crippen LogP contribution in [0.3, 0.4) is 0 Å². The number of methoxy groups -OCH3 is 1. The molecule has 1 aliphatic heterocycles. The Morgan fingerprint density at radius 1 is 1.16 bits per heavy atom. The van der Waals surface area contributed by atoms with Crippen molar-refractivity contribution in [3.05, 3.63) is 69.8 Å². The lowest BCUT2D eigenvalue weighted by Gasteiger charge is -2.25. The van der Waals surface area contributed by atoms with Gasteiger partial charge in [-0.15, -0.1) is 0 Å². The van der Waals surface area contributed by atoms with E-state index in [0.717, 1.165) is 24.0 Å². The van der Waals surface area contributed by atoms with Gasteiger partial charge in [-0.1, -0.05) is 63.1 Å². The number of hydrogen-bond acceptors (Lipinski definition) is 4. The van der Waals surface area contributed by atoms with Crippen molar-refractivity contribution in [1.82, 2.24) is 4.90 Å². The fraction of sp³-hybridized carbons (Fsp3) is 0.360. The number of likely N-dealkylation sites (tertiary alicyclic amines) is 1. The third-order valence-corrected chi connectivity index (χ3v) is 5.93. The first-order valence-corrected chi connectivity index (χ1v) is 10.9. The zero-order valence-electron chi connectivity index (χ0n) is 18.3. The van der Waals surface area contributed by atoms with Crippen LogP contribution in [0.25, 0.3) is 5.76 Å². The molecule has 5 nitrogen and oxygen atoms in total. The van der Waals surface area contributed by atoms with Crippen molar-refractivity contribution in [2.75, 3.05) is 13.7 Å². The van der Waals surface area contributed by atoms with Crippen molar-refractivity contribution in [3.8, 4) is 5.75 Å². The highest BCUT2D eigenvalue weighted by atomic mass is 35.5. The average Bonchev–Trinajstić information content (AvgIpc) is 3.01. The van der Waals surface area contributed by atoms with E-state index in [9.17, 15) is 14.7 Å². The number of ketones is 1. The minimum Gasteiger partial charge on any atom is -0.507 e. The molecule has 6 heteroatoms. The van der Waals surface area contributed by atoms with Gasteiger partial charge in [-0.2, -0.15) is 0 Å². The molecule has 2 aromatic rings. The maximum absolute atomic E-state index is 13.0. The van der Waals surface area contributed by atoms with E-state index in [-0.39, 0.29) is 11.3 Å². The van der Waals surface area contributed by atoms with E-state index in [1.807, 2.05) is 31.2 Å². The molecule has 2 aromatic carbocycles. The van der Waals surface area contributed by atoms with Gasteiger partial charge in [0.05, 0.1) is 23.7 Å². The second kappa shape index (κ2) is 9.56. The molecule has 1 heterocycles. The molecule has 0 radical (unpaired) electrons. The summed E-state index contributed by atoms with van der Waals surface area (Å²) in [4.78, 5) is 27.4. The summed E-state index contributed by atoms with van der Waals surface area (Å²) < 4.78 is 5.17. The summed E-state index contributed by atoms with van der Waals surface area (Å²) >= 11 is 6.22. The van der Waals surface area contributed by atoms with Crippen molar-refractivity contribution >= 4 is 29.1 Å². The zero-order chi connectivity index (χ0) is 22.7. The molecule has 1 saturated heterocycles. The molecule has 1 amide bonds. The molecular formula is C25H28ClNO4. The molecule has 31 heavy (non-hydrogen) atoms. The number of nitrogens with zero attached hydrogens (tertiary/aromatic N) is 1. The minimum absolute atomic E-state index is 0.0830. The van der Waals surface area contributed by atoms with Crippen LogP contribution in [-0.4, -0.2) is 35.4 Å². The van der Waals surface area contributed by atoms with Gasteiger partial charge < -0.3 is 14.7 Å². The lowest BCUT2D eigenvalue weighted by molar-refractivity contribution is -0.139. The number of rotatable bonds is 7. The van der Waals surface area contributed by atoms with Gasteiger partial charge in [0.15, 0.2) is 0 Å². The van der Waals surface area contributed by atoms with Gasteiger partial charge >= 0.3 is 0 Å². The van der Waals surface area contributed by atoms with Crippen LogP contribution >= 0.6 is 11.6 Å². The molecule has 1 fully saturated rings. The summed E-state index contributed by atoms with van der Waals surface area (Å²) in [5.41, 5.74) is 2.40. The Morgan fingerprint density at radius 2 is 1.84 bits per heavy atom. The predicted octanol–water partition coefficient (Wildman–Crippen LogP) is 5.69. The first kappa shape index (κ1) is 22.9. The highest BCUT2D eigenvalue weighted by Gasteiger charge is 2.45.